The summed E-state index contributed by atoms with van der Waals surface area (Å²) in [5.41, 5.74) is 0.843. The number of anilines is 1. The molecule has 0 bridgehead atoms. The maximum Gasteiger partial charge on any atom is 0.246 e. The van der Waals surface area contributed by atoms with E-state index in [0.717, 1.165) is 24.7 Å². The highest BCUT2D eigenvalue weighted by molar-refractivity contribution is 5.98. The van der Waals surface area contributed by atoms with Crippen molar-refractivity contribution in [2.45, 2.75) is 6.92 Å². The van der Waals surface area contributed by atoms with E-state index in [4.69, 9.17) is 0 Å². The maximum atomic E-state index is 12.3. The first-order chi connectivity index (χ1) is 10.2. The Hall–Kier alpha value is -2.31. The third kappa shape index (κ3) is 3.62. The van der Waals surface area contributed by atoms with Gasteiger partial charge in [-0.15, -0.1) is 6.58 Å². The molecule has 1 aromatic heterocycles. The molecule has 1 aliphatic heterocycles. The lowest BCUT2D eigenvalue weighted by atomic mass is 10.3. The lowest BCUT2D eigenvalue weighted by molar-refractivity contribution is -0.120. The topological polar surface area (TPSA) is 65.8 Å². The van der Waals surface area contributed by atoms with E-state index in [1.807, 2.05) is 25.1 Å². The summed E-state index contributed by atoms with van der Waals surface area (Å²) in [6, 6.07) is 0. The molecule has 0 spiro atoms. The van der Waals surface area contributed by atoms with Gasteiger partial charge in [-0.3, -0.25) is 9.48 Å². The number of carbonyl (C=O) groups is 1. The molecule has 2 heterocycles. The second-order valence-electron chi connectivity index (χ2n) is 4.82. The van der Waals surface area contributed by atoms with E-state index in [-0.39, 0.29) is 5.91 Å². The third-order valence-corrected chi connectivity index (χ3v) is 3.23. The van der Waals surface area contributed by atoms with Gasteiger partial charge in [-0.2, -0.15) is 5.10 Å². The number of guanidine groups is 1. The van der Waals surface area contributed by atoms with Gasteiger partial charge >= 0.3 is 0 Å². The Morgan fingerprint density at radius 1 is 1.57 bits per heavy atom. The molecule has 21 heavy (non-hydrogen) atoms. The molecule has 1 aliphatic rings. The smallest absolute Gasteiger partial charge is 0.246 e. The monoisotopic (exact) mass is 290 g/mol. The highest BCUT2D eigenvalue weighted by Crippen LogP contribution is 2.15. The van der Waals surface area contributed by atoms with E-state index in [9.17, 15) is 4.79 Å². The van der Waals surface area contributed by atoms with Gasteiger partial charge in [0.1, 0.15) is 6.54 Å². The summed E-state index contributed by atoms with van der Waals surface area (Å²) in [5.74, 6) is 0.815. The minimum Gasteiger partial charge on any atom is -0.356 e. The maximum absolute atomic E-state index is 12.3. The van der Waals surface area contributed by atoms with Crippen LogP contribution in [0.5, 0.6) is 0 Å². The van der Waals surface area contributed by atoms with Crippen molar-refractivity contribution in [3.63, 3.8) is 0 Å². The number of aryl methyl sites for hydroxylation is 1. The van der Waals surface area contributed by atoms with Crippen molar-refractivity contribution < 1.29 is 4.79 Å². The summed E-state index contributed by atoms with van der Waals surface area (Å²) in [6.45, 7) is 8.68. The molecule has 0 aromatic carbocycles. The van der Waals surface area contributed by atoms with E-state index < -0.39 is 0 Å². The Morgan fingerprint density at radius 3 is 2.95 bits per heavy atom. The Bertz CT molecular complexity index is 535. The van der Waals surface area contributed by atoms with Crippen molar-refractivity contribution in [2.24, 2.45) is 12.0 Å². The number of hydrogen-bond donors (Lipinski definition) is 1. The molecule has 0 atom stereocenters. The zero-order chi connectivity index (χ0) is 15.2. The van der Waals surface area contributed by atoms with Crippen molar-refractivity contribution in [1.82, 2.24) is 20.0 Å². The van der Waals surface area contributed by atoms with E-state index >= 15 is 0 Å². The average Bonchev–Trinajstić information content (AvgIpc) is 2.89. The normalized spacial score (nSPS) is 16.3. The Labute approximate surface area is 124 Å². The number of aliphatic imine (C=N–C) groups is 1. The van der Waals surface area contributed by atoms with Crippen molar-refractivity contribution in [2.75, 3.05) is 37.6 Å². The first-order valence-corrected chi connectivity index (χ1v) is 7.09. The van der Waals surface area contributed by atoms with E-state index in [1.165, 1.54) is 0 Å². The molecule has 0 radical (unpaired) electrons. The standard InChI is InChI=1S/C14H22N6O/c1-4-6-16-14(15-5-2)19-7-8-20(13(21)11-19)12-9-17-18(3)10-12/h4,9-10H,1,5-8,11H2,2-3H3,(H,15,16). The molecule has 114 valence electrons. The molecule has 0 unspecified atom stereocenters. The molecule has 1 saturated heterocycles. The first-order valence-electron chi connectivity index (χ1n) is 7.09. The fourth-order valence-corrected chi connectivity index (χ4v) is 2.25. The summed E-state index contributed by atoms with van der Waals surface area (Å²) < 4.78 is 1.70. The van der Waals surface area contributed by atoms with Crippen LogP contribution in [0.25, 0.3) is 0 Å². The molecule has 1 fully saturated rings. The summed E-state index contributed by atoms with van der Waals surface area (Å²) >= 11 is 0. The van der Waals surface area contributed by atoms with Crippen LogP contribution in [0.15, 0.2) is 30.0 Å². The number of aromatic nitrogens is 2. The van der Waals surface area contributed by atoms with Gasteiger partial charge in [0, 0.05) is 32.9 Å². The van der Waals surface area contributed by atoms with Gasteiger partial charge in [0.25, 0.3) is 0 Å². The molecule has 7 nitrogen and oxygen atoms in total. The van der Waals surface area contributed by atoms with Crippen molar-refractivity contribution in [3.05, 3.63) is 25.0 Å². The summed E-state index contributed by atoms with van der Waals surface area (Å²) in [5, 5.41) is 7.32. The van der Waals surface area contributed by atoms with Crippen LogP contribution in [0.1, 0.15) is 6.92 Å². The number of amides is 1. The molecule has 0 aliphatic carbocycles. The van der Waals surface area contributed by atoms with Crippen LogP contribution < -0.4 is 10.2 Å². The number of hydrogen-bond acceptors (Lipinski definition) is 3. The Balaban J connectivity index is 2.05. The SMILES string of the molecule is C=CCN=C(NCC)N1CCN(c2cnn(C)c2)C(=O)C1. The predicted molar refractivity (Wildman–Crippen MR) is 83.3 cm³/mol. The molecular weight excluding hydrogens is 268 g/mol. The Kier molecular flexibility index (Phi) is 4.97. The zero-order valence-corrected chi connectivity index (χ0v) is 12.6. The molecular formula is C14H22N6O. The average molecular weight is 290 g/mol. The number of nitrogens with zero attached hydrogens (tertiary/aromatic N) is 5. The third-order valence-electron chi connectivity index (χ3n) is 3.23. The molecule has 1 amide bonds. The highest BCUT2D eigenvalue weighted by Gasteiger charge is 2.27. The van der Waals surface area contributed by atoms with Crippen molar-refractivity contribution in [3.8, 4) is 0 Å². The van der Waals surface area contributed by atoms with Gasteiger partial charge < -0.3 is 15.1 Å². The van der Waals surface area contributed by atoms with Crippen LogP contribution in [0.2, 0.25) is 0 Å². The second-order valence-corrected chi connectivity index (χ2v) is 4.82. The van der Waals surface area contributed by atoms with Gasteiger partial charge in [-0.25, -0.2) is 4.99 Å². The summed E-state index contributed by atoms with van der Waals surface area (Å²) in [4.78, 5) is 20.5. The zero-order valence-electron chi connectivity index (χ0n) is 12.6. The van der Waals surface area contributed by atoms with E-state index in [1.54, 1.807) is 21.9 Å². The number of piperazine rings is 1. The molecule has 1 aromatic rings. The lowest BCUT2D eigenvalue weighted by Gasteiger charge is -2.35. The minimum atomic E-state index is 0.0541. The first kappa shape index (κ1) is 15.1. The highest BCUT2D eigenvalue weighted by atomic mass is 16.2. The van der Waals surface area contributed by atoms with Gasteiger partial charge in [-0.1, -0.05) is 6.08 Å². The Morgan fingerprint density at radius 2 is 2.38 bits per heavy atom. The lowest BCUT2D eigenvalue weighted by Crippen LogP contribution is -2.55. The van der Waals surface area contributed by atoms with Crippen molar-refractivity contribution in [1.29, 1.82) is 0 Å². The predicted octanol–water partition coefficient (Wildman–Crippen LogP) is 0.220. The minimum absolute atomic E-state index is 0.0541. The van der Waals surface area contributed by atoms with Gasteiger partial charge in [-0.05, 0) is 6.92 Å². The van der Waals surface area contributed by atoms with E-state index in [2.05, 4.69) is 22.0 Å². The van der Waals surface area contributed by atoms with Crippen LogP contribution in [0, 0.1) is 0 Å². The van der Waals surface area contributed by atoms with Crippen LogP contribution in [0.4, 0.5) is 5.69 Å². The summed E-state index contributed by atoms with van der Waals surface area (Å²) in [6.07, 6.45) is 5.31. The molecule has 0 saturated carbocycles. The van der Waals surface area contributed by atoms with Crippen LogP contribution in [0.3, 0.4) is 0 Å². The molecule has 7 heteroatoms. The van der Waals surface area contributed by atoms with Gasteiger partial charge in [0.15, 0.2) is 5.96 Å². The fourth-order valence-electron chi connectivity index (χ4n) is 2.25. The van der Waals surface area contributed by atoms with Crippen LogP contribution >= 0.6 is 0 Å². The molecule has 1 N–H and O–H groups in total. The number of carbonyl (C=O) groups excluding carboxylic acids is 1. The van der Waals surface area contributed by atoms with Crippen LogP contribution in [-0.4, -0.2) is 59.3 Å². The van der Waals surface area contributed by atoms with E-state index in [0.29, 0.717) is 19.6 Å². The number of nitrogens with one attached hydrogen (secondary N) is 1. The quantitative estimate of drug-likeness (QED) is 0.489. The number of rotatable bonds is 4. The largest absolute Gasteiger partial charge is 0.356 e. The molecule has 2 rings (SSSR count). The second kappa shape index (κ2) is 6.92. The van der Waals surface area contributed by atoms with Crippen LogP contribution in [-0.2, 0) is 11.8 Å². The van der Waals surface area contributed by atoms with Gasteiger partial charge in [0.05, 0.1) is 18.4 Å². The van der Waals surface area contributed by atoms with Gasteiger partial charge in [0.2, 0.25) is 5.91 Å². The summed E-state index contributed by atoms with van der Waals surface area (Å²) in [7, 11) is 1.84. The van der Waals surface area contributed by atoms with Crippen molar-refractivity contribution >= 4 is 17.6 Å². The fraction of sp³-hybridized carbons (Fsp3) is 0.500.